The summed E-state index contributed by atoms with van der Waals surface area (Å²) in [7, 11) is 0. The minimum absolute atomic E-state index is 0.411. The number of esters is 1. The fourth-order valence-corrected chi connectivity index (χ4v) is 4.68. The number of benzene rings is 3. The third kappa shape index (κ3) is 9.38. The number of hydrogen-bond acceptors (Lipinski definition) is 4. The maximum absolute atomic E-state index is 13.4. The van der Waals surface area contributed by atoms with Gasteiger partial charge >= 0.3 is 5.97 Å². The summed E-state index contributed by atoms with van der Waals surface area (Å²) in [6, 6.07) is 17.2. The standard InChI is InChI=1S/C34H46O4/c1-4-6-8-10-12-17-23-36-32-26-31(34(35)38-28-19-15-14-16-20-28)33(29-22-21-27(3)25-30(29)32)37-24-18-13-11-9-7-5-2/h14-16,19-22,25-26H,4-13,17-18,23-24H2,1-3H3. The lowest BCUT2D eigenvalue weighted by Crippen LogP contribution is -2.13. The lowest BCUT2D eigenvalue weighted by Gasteiger charge is -2.18. The fourth-order valence-electron chi connectivity index (χ4n) is 4.68. The molecule has 0 aromatic heterocycles. The topological polar surface area (TPSA) is 44.8 Å². The molecule has 0 aliphatic heterocycles. The summed E-state index contributed by atoms with van der Waals surface area (Å²) in [4.78, 5) is 13.4. The summed E-state index contributed by atoms with van der Waals surface area (Å²) in [6.45, 7) is 7.73. The van der Waals surface area contributed by atoms with E-state index in [1.807, 2.05) is 30.3 Å². The lowest BCUT2D eigenvalue weighted by molar-refractivity contribution is 0.0730. The van der Waals surface area contributed by atoms with Gasteiger partial charge in [0.2, 0.25) is 0 Å². The second-order valence-corrected chi connectivity index (χ2v) is 10.2. The molecule has 0 saturated carbocycles. The monoisotopic (exact) mass is 518 g/mol. The number of rotatable bonds is 18. The number of unbranched alkanes of at least 4 members (excludes halogenated alkanes) is 10. The van der Waals surface area contributed by atoms with Gasteiger partial charge in [0.1, 0.15) is 22.8 Å². The molecule has 0 heterocycles. The van der Waals surface area contributed by atoms with Crippen LogP contribution < -0.4 is 14.2 Å². The summed E-state index contributed by atoms with van der Waals surface area (Å²) >= 11 is 0. The van der Waals surface area contributed by atoms with E-state index < -0.39 is 5.97 Å². The van der Waals surface area contributed by atoms with Gasteiger partial charge in [-0.15, -0.1) is 0 Å². The van der Waals surface area contributed by atoms with E-state index >= 15 is 0 Å². The predicted molar refractivity (Wildman–Crippen MR) is 158 cm³/mol. The van der Waals surface area contributed by atoms with Gasteiger partial charge in [0.05, 0.1) is 13.2 Å². The van der Waals surface area contributed by atoms with Crippen LogP contribution in [0.3, 0.4) is 0 Å². The quantitative estimate of drug-likeness (QED) is 0.0955. The highest BCUT2D eigenvalue weighted by Gasteiger charge is 2.22. The highest BCUT2D eigenvalue weighted by molar-refractivity contribution is 6.04. The Morgan fingerprint density at radius 3 is 1.92 bits per heavy atom. The van der Waals surface area contributed by atoms with E-state index in [4.69, 9.17) is 14.2 Å². The number of ether oxygens (including phenoxy) is 3. The fraction of sp³-hybridized carbons (Fsp3) is 0.500. The summed E-state index contributed by atoms with van der Waals surface area (Å²) < 4.78 is 18.4. The van der Waals surface area contributed by atoms with Crippen LogP contribution in [0.25, 0.3) is 10.8 Å². The van der Waals surface area contributed by atoms with Crippen molar-refractivity contribution < 1.29 is 19.0 Å². The average molecular weight is 519 g/mol. The highest BCUT2D eigenvalue weighted by Crippen LogP contribution is 2.38. The second-order valence-electron chi connectivity index (χ2n) is 10.2. The first-order chi connectivity index (χ1) is 18.6. The van der Waals surface area contributed by atoms with Crippen molar-refractivity contribution in [3.8, 4) is 17.2 Å². The van der Waals surface area contributed by atoms with Gasteiger partial charge in [-0.3, -0.25) is 0 Å². The van der Waals surface area contributed by atoms with Crippen molar-refractivity contribution in [2.75, 3.05) is 13.2 Å². The van der Waals surface area contributed by atoms with Crippen LogP contribution in [0.1, 0.15) is 107 Å². The largest absolute Gasteiger partial charge is 0.493 e. The van der Waals surface area contributed by atoms with E-state index in [1.54, 1.807) is 12.1 Å². The van der Waals surface area contributed by atoms with Gasteiger partial charge in [0.25, 0.3) is 0 Å². The van der Waals surface area contributed by atoms with Gasteiger partial charge in [0.15, 0.2) is 0 Å². The van der Waals surface area contributed by atoms with E-state index in [-0.39, 0.29) is 0 Å². The molecule has 206 valence electrons. The minimum atomic E-state index is -0.430. The van der Waals surface area contributed by atoms with Crippen LogP contribution in [0.15, 0.2) is 54.6 Å². The third-order valence-corrected chi connectivity index (χ3v) is 6.88. The molecule has 4 heteroatoms. The molecule has 0 unspecified atom stereocenters. The lowest BCUT2D eigenvalue weighted by atomic mass is 10.0. The average Bonchev–Trinajstić information content (AvgIpc) is 2.93. The number of para-hydroxylation sites is 1. The van der Waals surface area contributed by atoms with Crippen molar-refractivity contribution in [1.82, 2.24) is 0 Å². The van der Waals surface area contributed by atoms with Crippen LogP contribution in [-0.4, -0.2) is 19.2 Å². The van der Waals surface area contributed by atoms with E-state index in [9.17, 15) is 4.79 Å². The third-order valence-electron chi connectivity index (χ3n) is 6.88. The molecule has 3 aromatic rings. The molecule has 0 fully saturated rings. The summed E-state index contributed by atoms with van der Waals surface area (Å²) in [5.74, 6) is 1.38. The molecule has 3 aromatic carbocycles. The normalized spacial score (nSPS) is 11.0. The van der Waals surface area contributed by atoms with Gasteiger partial charge in [-0.2, -0.15) is 0 Å². The van der Waals surface area contributed by atoms with Crippen molar-refractivity contribution in [2.24, 2.45) is 0 Å². The van der Waals surface area contributed by atoms with E-state index in [0.29, 0.717) is 36.0 Å². The van der Waals surface area contributed by atoms with Crippen molar-refractivity contribution in [3.63, 3.8) is 0 Å². The summed E-state index contributed by atoms with van der Waals surface area (Å²) in [5.41, 5.74) is 1.55. The van der Waals surface area contributed by atoms with Crippen molar-refractivity contribution in [1.29, 1.82) is 0 Å². The molecule has 0 amide bonds. The summed E-state index contributed by atoms with van der Waals surface area (Å²) in [5, 5.41) is 1.87. The van der Waals surface area contributed by atoms with E-state index in [0.717, 1.165) is 42.0 Å². The van der Waals surface area contributed by atoms with Crippen LogP contribution >= 0.6 is 0 Å². The number of carbonyl (C=O) groups excluding carboxylic acids is 1. The smallest absolute Gasteiger partial charge is 0.347 e. The van der Waals surface area contributed by atoms with E-state index in [2.05, 4.69) is 32.9 Å². The van der Waals surface area contributed by atoms with Gasteiger partial charge in [-0.05, 0) is 44.0 Å². The predicted octanol–water partition coefficient (Wildman–Crippen LogP) is 9.85. The van der Waals surface area contributed by atoms with Crippen LogP contribution in [0.2, 0.25) is 0 Å². The Bertz CT molecular complexity index is 1110. The first-order valence-corrected chi connectivity index (χ1v) is 14.7. The molecule has 0 spiro atoms. The number of aryl methyl sites for hydroxylation is 1. The SMILES string of the molecule is CCCCCCCCOc1cc(C(=O)Oc2ccccc2)c(OCCCCCCCC)c2ccc(C)cc12. The molecule has 0 aliphatic rings. The molecular formula is C34H46O4. The molecule has 0 radical (unpaired) electrons. The van der Waals surface area contributed by atoms with Crippen molar-refractivity contribution in [3.05, 3.63) is 65.7 Å². The molecule has 38 heavy (non-hydrogen) atoms. The Balaban J connectivity index is 1.83. The molecule has 3 rings (SSSR count). The molecule has 4 nitrogen and oxygen atoms in total. The van der Waals surface area contributed by atoms with Gasteiger partial charge < -0.3 is 14.2 Å². The Morgan fingerprint density at radius 2 is 1.26 bits per heavy atom. The van der Waals surface area contributed by atoms with E-state index in [1.165, 1.54) is 51.4 Å². The van der Waals surface area contributed by atoms with Gasteiger partial charge in [0, 0.05) is 10.8 Å². The Labute approximate surface area is 229 Å². The molecule has 0 atom stereocenters. The van der Waals surface area contributed by atoms with Gasteiger partial charge in [-0.1, -0.05) is 114 Å². The first kappa shape index (κ1) is 29.5. The maximum atomic E-state index is 13.4. The maximum Gasteiger partial charge on any atom is 0.347 e. The Hall–Kier alpha value is -3.01. The number of hydrogen-bond donors (Lipinski definition) is 0. The zero-order chi connectivity index (χ0) is 27.0. The number of fused-ring (bicyclic) bond motifs is 1. The zero-order valence-corrected chi connectivity index (χ0v) is 23.7. The summed E-state index contributed by atoms with van der Waals surface area (Å²) in [6.07, 6.45) is 14.3. The zero-order valence-electron chi connectivity index (χ0n) is 23.7. The minimum Gasteiger partial charge on any atom is -0.493 e. The Morgan fingerprint density at radius 1 is 0.658 bits per heavy atom. The first-order valence-electron chi connectivity index (χ1n) is 14.7. The van der Waals surface area contributed by atoms with Crippen molar-refractivity contribution in [2.45, 2.75) is 97.8 Å². The van der Waals surface area contributed by atoms with Crippen molar-refractivity contribution >= 4 is 16.7 Å². The van der Waals surface area contributed by atoms with Gasteiger partial charge in [-0.25, -0.2) is 4.79 Å². The van der Waals surface area contributed by atoms with Crippen LogP contribution in [0, 0.1) is 6.92 Å². The highest BCUT2D eigenvalue weighted by atomic mass is 16.5. The van der Waals surface area contributed by atoms with Crippen LogP contribution in [0.5, 0.6) is 17.2 Å². The molecular weight excluding hydrogens is 472 g/mol. The Kier molecular flexibility index (Phi) is 13.0. The number of carbonyl (C=O) groups is 1. The van der Waals surface area contributed by atoms with Crippen LogP contribution in [-0.2, 0) is 0 Å². The molecule has 0 aliphatic carbocycles. The molecule has 0 saturated heterocycles. The molecule has 0 bridgehead atoms. The second kappa shape index (κ2) is 16.8. The molecule has 0 N–H and O–H groups in total. The van der Waals surface area contributed by atoms with Crippen LogP contribution in [0.4, 0.5) is 0 Å².